The summed E-state index contributed by atoms with van der Waals surface area (Å²) in [5, 5.41) is 0. The number of aryl methyl sites for hydroxylation is 1. The standard InChI is InChI=1S/C20H20N2O3S/c1-15-6-3-7-16(12-15)20-17(8-5-11-21-20)14-22-26(23,24)19-10-4-9-18(13-19)25-2/h3-13,22H,14H2,1-2H3. The van der Waals surface area contributed by atoms with Gasteiger partial charge in [0.2, 0.25) is 10.0 Å². The van der Waals surface area contributed by atoms with E-state index < -0.39 is 10.0 Å². The van der Waals surface area contributed by atoms with Gasteiger partial charge in [0, 0.05) is 24.4 Å². The minimum absolute atomic E-state index is 0.149. The predicted molar refractivity (Wildman–Crippen MR) is 101 cm³/mol. The number of nitrogens with zero attached hydrogens (tertiary/aromatic N) is 1. The summed E-state index contributed by atoms with van der Waals surface area (Å²) >= 11 is 0. The van der Waals surface area contributed by atoms with Gasteiger partial charge in [-0.2, -0.15) is 0 Å². The van der Waals surface area contributed by atoms with E-state index in [0.717, 1.165) is 22.4 Å². The normalized spacial score (nSPS) is 11.3. The molecular formula is C20H20N2O3S. The lowest BCUT2D eigenvalue weighted by Gasteiger charge is -2.11. The third-order valence-corrected chi connectivity index (χ3v) is 5.39. The molecule has 1 heterocycles. The number of benzene rings is 2. The molecule has 0 aliphatic carbocycles. The van der Waals surface area contributed by atoms with Gasteiger partial charge in [0.25, 0.3) is 0 Å². The Morgan fingerprint density at radius 1 is 1.04 bits per heavy atom. The molecule has 0 aliphatic rings. The van der Waals surface area contributed by atoms with Gasteiger partial charge in [-0.15, -0.1) is 0 Å². The van der Waals surface area contributed by atoms with E-state index in [2.05, 4.69) is 9.71 Å². The van der Waals surface area contributed by atoms with Crippen molar-refractivity contribution in [3.63, 3.8) is 0 Å². The van der Waals surface area contributed by atoms with Crippen LogP contribution in [0.4, 0.5) is 0 Å². The number of sulfonamides is 1. The SMILES string of the molecule is COc1cccc(S(=O)(=O)NCc2cccnc2-c2cccc(C)c2)c1. The van der Waals surface area contributed by atoms with Crippen LogP contribution in [-0.4, -0.2) is 20.5 Å². The number of hydrogen-bond donors (Lipinski definition) is 1. The van der Waals surface area contributed by atoms with Crippen LogP contribution >= 0.6 is 0 Å². The largest absolute Gasteiger partial charge is 0.497 e. The van der Waals surface area contributed by atoms with Gasteiger partial charge in [0.05, 0.1) is 17.7 Å². The molecule has 0 bridgehead atoms. The molecule has 3 aromatic rings. The third kappa shape index (κ3) is 4.09. The second kappa shape index (κ2) is 7.68. The van der Waals surface area contributed by atoms with Gasteiger partial charge in [0.15, 0.2) is 0 Å². The molecule has 1 N–H and O–H groups in total. The number of aromatic nitrogens is 1. The smallest absolute Gasteiger partial charge is 0.241 e. The average molecular weight is 368 g/mol. The number of nitrogens with one attached hydrogen (secondary N) is 1. The second-order valence-corrected chi connectivity index (χ2v) is 7.65. The topological polar surface area (TPSA) is 68.3 Å². The van der Waals surface area contributed by atoms with Crippen molar-refractivity contribution >= 4 is 10.0 Å². The van der Waals surface area contributed by atoms with Gasteiger partial charge >= 0.3 is 0 Å². The number of hydrogen-bond acceptors (Lipinski definition) is 4. The molecule has 0 radical (unpaired) electrons. The van der Waals surface area contributed by atoms with Crippen LogP contribution in [0.3, 0.4) is 0 Å². The van der Waals surface area contributed by atoms with Crippen LogP contribution in [0.15, 0.2) is 71.8 Å². The minimum Gasteiger partial charge on any atom is -0.497 e. The van der Waals surface area contributed by atoms with E-state index in [1.54, 1.807) is 24.4 Å². The van der Waals surface area contributed by atoms with Crippen molar-refractivity contribution in [1.82, 2.24) is 9.71 Å². The average Bonchev–Trinajstić information content (AvgIpc) is 2.67. The molecule has 0 atom stereocenters. The highest BCUT2D eigenvalue weighted by atomic mass is 32.2. The highest BCUT2D eigenvalue weighted by Gasteiger charge is 2.16. The van der Waals surface area contributed by atoms with E-state index in [9.17, 15) is 8.42 Å². The van der Waals surface area contributed by atoms with Crippen molar-refractivity contribution < 1.29 is 13.2 Å². The fraction of sp³-hybridized carbons (Fsp3) is 0.150. The summed E-state index contributed by atoms with van der Waals surface area (Å²) in [5.41, 5.74) is 3.66. The Morgan fingerprint density at radius 2 is 1.85 bits per heavy atom. The summed E-state index contributed by atoms with van der Waals surface area (Å²) in [4.78, 5) is 4.60. The van der Waals surface area contributed by atoms with Crippen LogP contribution in [0.25, 0.3) is 11.3 Å². The first-order valence-electron chi connectivity index (χ1n) is 8.14. The summed E-state index contributed by atoms with van der Waals surface area (Å²) in [6.45, 7) is 2.16. The van der Waals surface area contributed by atoms with Crippen molar-refractivity contribution in [2.75, 3.05) is 7.11 Å². The minimum atomic E-state index is -3.66. The molecule has 5 nitrogen and oxygen atoms in total. The monoisotopic (exact) mass is 368 g/mol. The lowest BCUT2D eigenvalue weighted by atomic mass is 10.0. The molecular weight excluding hydrogens is 348 g/mol. The van der Waals surface area contributed by atoms with E-state index in [4.69, 9.17) is 4.74 Å². The Hall–Kier alpha value is -2.70. The Labute approximate surface area is 153 Å². The van der Waals surface area contributed by atoms with Gasteiger partial charge in [-0.3, -0.25) is 4.98 Å². The van der Waals surface area contributed by atoms with Gasteiger partial charge < -0.3 is 4.74 Å². The molecule has 0 saturated carbocycles. The van der Waals surface area contributed by atoms with E-state index in [1.165, 1.54) is 19.2 Å². The third-order valence-electron chi connectivity index (χ3n) is 3.99. The van der Waals surface area contributed by atoms with Gasteiger partial charge in [-0.05, 0) is 36.8 Å². The highest BCUT2D eigenvalue weighted by molar-refractivity contribution is 7.89. The summed E-state index contributed by atoms with van der Waals surface area (Å²) in [6, 6.07) is 18.0. The lowest BCUT2D eigenvalue weighted by Crippen LogP contribution is -2.23. The molecule has 0 spiro atoms. The highest BCUT2D eigenvalue weighted by Crippen LogP contribution is 2.23. The van der Waals surface area contributed by atoms with Gasteiger partial charge in [-0.1, -0.05) is 35.9 Å². The molecule has 0 fully saturated rings. The molecule has 0 aliphatic heterocycles. The first-order valence-corrected chi connectivity index (χ1v) is 9.62. The summed E-state index contributed by atoms with van der Waals surface area (Å²) in [5.74, 6) is 0.495. The number of rotatable bonds is 6. The van der Waals surface area contributed by atoms with E-state index >= 15 is 0 Å². The van der Waals surface area contributed by atoms with Gasteiger partial charge in [-0.25, -0.2) is 13.1 Å². The zero-order valence-electron chi connectivity index (χ0n) is 14.6. The zero-order chi connectivity index (χ0) is 18.6. The maximum atomic E-state index is 12.6. The molecule has 26 heavy (non-hydrogen) atoms. The van der Waals surface area contributed by atoms with Crippen molar-refractivity contribution in [3.8, 4) is 17.0 Å². The Kier molecular flexibility index (Phi) is 5.35. The van der Waals surface area contributed by atoms with E-state index in [0.29, 0.717) is 5.75 Å². The van der Waals surface area contributed by atoms with Gasteiger partial charge in [0.1, 0.15) is 5.75 Å². The Bertz CT molecular complexity index is 1020. The van der Waals surface area contributed by atoms with E-state index in [-0.39, 0.29) is 11.4 Å². The Morgan fingerprint density at radius 3 is 2.62 bits per heavy atom. The maximum absolute atomic E-state index is 12.6. The predicted octanol–water partition coefficient (Wildman–Crippen LogP) is 3.54. The first-order chi connectivity index (χ1) is 12.5. The molecule has 6 heteroatoms. The van der Waals surface area contributed by atoms with Crippen LogP contribution in [0.1, 0.15) is 11.1 Å². The molecule has 3 rings (SSSR count). The van der Waals surface area contributed by atoms with Crippen LogP contribution in [0.2, 0.25) is 0 Å². The summed E-state index contributed by atoms with van der Waals surface area (Å²) in [6.07, 6.45) is 1.71. The van der Waals surface area contributed by atoms with Crippen molar-refractivity contribution in [2.45, 2.75) is 18.4 Å². The molecule has 134 valence electrons. The lowest BCUT2D eigenvalue weighted by molar-refractivity contribution is 0.413. The molecule has 1 aromatic heterocycles. The van der Waals surface area contributed by atoms with Crippen molar-refractivity contribution in [3.05, 3.63) is 78.0 Å². The Balaban J connectivity index is 1.86. The fourth-order valence-electron chi connectivity index (χ4n) is 2.66. The quantitative estimate of drug-likeness (QED) is 0.722. The number of methoxy groups -OCH3 is 1. The second-order valence-electron chi connectivity index (χ2n) is 5.88. The van der Waals surface area contributed by atoms with Crippen LogP contribution in [0.5, 0.6) is 5.75 Å². The molecule has 0 unspecified atom stereocenters. The van der Waals surface area contributed by atoms with Crippen LogP contribution in [0, 0.1) is 6.92 Å². The van der Waals surface area contributed by atoms with Crippen LogP contribution in [-0.2, 0) is 16.6 Å². The van der Waals surface area contributed by atoms with Crippen molar-refractivity contribution in [2.24, 2.45) is 0 Å². The van der Waals surface area contributed by atoms with Crippen molar-refractivity contribution in [1.29, 1.82) is 0 Å². The number of pyridine rings is 1. The zero-order valence-corrected chi connectivity index (χ0v) is 15.5. The summed E-state index contributed by atoms with van der Waals surface area (Å²) < 4.78 is 32.9. The molecule has 2 aromatic carbocycles. The van der Waals surface area contributed by atoms with Crippen LogP contribution < -0.4 is 9.46 Å². The molecule has 0 amide bonds. The number of ether oxygens (including phenoxy) is 1. The van der Waals surface area contributed by atoms with E-state index in [1.807, 2.05) is 37.3 Å². The maximum Gasteiger partial charge on any atom is 0.241 e. The first kappa shape index (κ1) is 18.1. The fourth-order valence-corrected chi connectivity index (χ4v) is 3.70. The molecule has 0 saturated heterocycles. The summed E-state index contributed by atoms with van der Waals surface area (Å²) in [7, 11) is -2.15.